The zero-order valence-electron chi connectivity index (χ0n) is 26.1. The molecule has 0 aliphatic heterocycles. The maximum Gasteiger partial charge on any atom is 0.264 e. The summed E-state index contributed by atoms with van der Waals surface area (Å²) in [7, 11) is -4.16. The van der Waals surface area contributed by atoms with Crippen molar-refractivity contribution in [2.24, 2.45) is 0 Å². The highest BCUT2D eigenvalue weighted by molar-refractivity contribution is 7.92. The minimum atomic E-state index is -4.16. The molecule has 0 saturated heterocycles. The summed E-state index contributed by atoms with van der Waals surface area (Å²) in [6, 6.07) is 28.9. The lowest BCUT2D eigenvalue weighted by molar-refractivity contribution is -0.140. The Labute approximate surface area is 271 Å². The highest BCUT2D eigenvalue weighted by Crippen LogP contribution is 2.27. The number of nitrogens with one attached hydrogen (secondary N) is 1. The summed E-state index contributed by atoms with van der Waals surface area (Å²) in [4.78, 5) is 30.0. The van der Waals surface area contributed by atoms with E-state index < -0.39 is 28.5 Å². The second kappa shape index (κ2) is 15.2. The highest BCUT2D eigenvalue weighted by atomic mass is 35.5. The van der Waals surface area contributed by atoms with Crippen LogP contribution in [0.4, 0.5) is 5.69 Å². The van der Waals surface area contributed by atoms with Gasteiger partial charge in [-0.2, -0.15) is 0 Å². The number of carbonyl (C=O) groups is 2. The van der Waals surface area contributed by atoms with Gasteiger partial charge in [-0.15, -0.1) is 0 Å². The molecule has 4 aromatic rings. The van der Waals surface area contributed by atoms with Gasteiger partial charge in [-0.1, -0.05) is 85.3 Å². The van der Waals surface area contributed by atoms with Crippen LogP contribution in [0.15, 0.2) is 108 Å². The molecule has 4 rings (SSSR count). The topological polar surface area (TPSA) is 86.8 Å². The summed E-state index contributed by atoms with van der Waals surface area (Å²) in [5.41, 5.74) is 3.83. The van der Waals surface area contributed by atoms with E-state index >= 15 is 0 Å². The number of hydrogen-bond acceptors (Lipinski definition) is 4. The maximum atomic E-state index is 14.5. The molecule has 0 saturated carbocycles. The zero-order valence-corrected chi connectivity index (χ0v) is 27.7. The van der Waals surface area contributed by atoms with Crippen LogP contribution in [0, 0.1) is 13.8 Å². The largest absolute Gasteiger partial charge is 0.352 e. The molecule has 4 aromatic carbocycles. The molecule has 9 heteroatoms. The van der Waals surface area contributed by atoms with Gasteiger partial charge in [-0.3, -0.25) is 13.9 Å². The molecular formula is C36H40ClN3O4S. The van der Waals surface area contributed by atoms with Crippen molar-refractivity contribution in [1.29, 1.82) is 0 Å². The Balaban J connectivity index is 1.82. The van der Waals surface area contributed by atoms with Gasteiger partial charge in [0.2, 0.25) is 11.8 Å². The normalized spacial score (nSPS) is 12.6. The lowest BCUT2D eigenvalue weighted by Gasteiger charge is -2.34. The Hall–Kier alpha value is -4.14. The Morgan fingerprint density at radius 3 is 2.09 bits per heavy atom. The van der Waals surface area contributed by atoms with Crippen molar-refractivity contribution in [3.63, 3.8) is 0 Å². The van der Waals surface area contributed by atoms with Crippen molar-refractivity contribution in [3.8, 4) is 0 Å². The van der Waals surface area contributed by atoms with E-state index in [1.54, 1.807) is 48.5 Å². The molecule has 2 atom stereocenters. The van der Waals surface area contributed by atoms with Gasteiger partial charge in [0.15, 0.2) is 0 Å². The van der Waals surface area contributed by atoms with Crippen molar-refractivity contribution in [1.82, 2.24) is 10.2 Å². The predicted molar refractivity (Wildman–Crippen MR) is 181 cm³/mol. The van der Waals surface area contributed by atoms with Gasteiger partial charge in [-0.25, -0.2) is 8.42 Å². The van der Waals surface area contributed by atoms with Crippen LogP contribution < -0.4 is 9.62 Å². The molecular weight excluding hydrogens is 606 g/mol. The summed E-state index contributed by atoms with van der Waals surface area (Å²) in [6.07, 6.45) is 0.951. The third kappa shape index (κ3) is 8.74. The molecule has 0 heterocycles. The first kappa shape index (κ1) is 33.7. The summed E-state index contributed by atoms with van der Waals surface area (Å²) in [5.74, 6) is -0.833. The lowest BCUT2D eigenvalue weighted by Crippen LogP contribution is -2.54. The quantitative estimate of drug-likeness (QED) is 0.175. The molecule has 0 bridgehead atoms. The van der Waals surface area contributed by atoms with E-state index in [0.717, 1.165) is 21.0 Å². The fourth-order valence-electron chi connectivity index (χ4n) is 4.96. The highest BCUT2D eigenvalue weighted by Gasteiger charge is 2.35. The summed E-state index contributed by atoms with van der Waals surface area (Å²) in [6.45, 7) is 7.27. The number of benzene rings is 4. The standard InChI is InChI=1S/C36H40ClN3O4S/c1-5-28(4)38-36(42)34(23-29-13-8-6-9-14-29)39(24-30-15-12-16-31(37)22-30)35(41)25-40(32-20-19-26(2)27(3)21-32)45(43,44)33-17-10-7-11-18-33/h6-22,28,34H,5,23-25H2,1-4H3,(H,38,42)/t28-,34+/m1/s1. The zero-order chi connectivity index (χ0) is 32.6. The number of amides is 2. The summed E-state index contributed by atoms with van der Waals surface area (Å²) in [5, 5.41) is 3.54. The van der Waals surface area contributed by atoms with Crippen LogP contribution >= 0.6 is 11.6 Å². The molecule has 0 aliphatic rings. The molecule has 0 fully saturated rings. The van der Waals surface area contributed by atoms with E-state index in [9.17, 15) is 18.0 Å². The fourth-order valence-corrected chi connectivity index (χ4v) is 6.60. The second-order valence-electron chi connectivity index (χ2n) is 11.3. The Morgan fingerprint density at radius 1 is 0.822 bits per heavy atom. The van der Waals surface area contributed by atoms with Crippen LogP contribution in [0.5, 0.6) is 0 Å². The van der Waals surface area contributed by atoms with Gasteiger partial charge in [0.1, 0.15) is 12.6 Å². The maximum absolute atomic E-state index is 14.5. The Bertz CT molecular complexity index is 1720. The van der Waals surface area contributed by atoms with Gasteiger partial charge in [-0.05, 0) is 85.8 Å². The van der Waals surface area contributed by atoms with Crippen molar-refractivity contribution in [2.75, 3.05) is 10.8 Å². The number of rotatable bonds is 13. The molecule has 0 radical (unpaired) electrons. The van der Waals surface area contributed by atoms with Crippen LogP contribution in [0.25, 0.3) is 0 Å². The molecule has 1 N–H and O–H groups in total. The SMILES string of the molecule is CC[C@@H](C)NC(=O)[C@H](Cc1ccccc1)N(Cc1cccc(Cl)c1)C(=O)CN(c1ccc(C)c(C)c1)S(=O)(=O)c1ccccc1. The van der Waals surface area contributed by atoms with Gasteiger partial charge >= 0.3 is 0 Å². The van der Waals surface area contributed by atoms with Crippen molar-refractivity contribution in [2.45, 2.75) is 64.1 Å². The van der Waals surface area contributed by atoms with Gasteiger partial charge in [0.25, 0.3) is 10.0 Å². The third-order valence-corrected chi connectivity index (χ3v) is 9.93. The number of hydrogen-bond donors (Lipinski definition) is 1. The number of anilines is 1. The first-order valence-corrected chi connectivity index (χ1v) is 16.8. The van der Waals surface area contributed by atoms with Crippen molar-refractivity contribution < 1.29 is 18.0 Å². The van der Waals surface area contributed by atoms with E-state index in [1.807, 2.05) is 70.2 Å². The van der Waals surface area contributed by atoms with E-state index in [0.29, 0.717) is 22.7 Å². The number of aryl methyl sites for hydroxylation is 2. The number of halogens is 1. The predicted octanol–water partition coefficient (Wildman–Crippen LogP) is 6.71. The average Bonchev–Trinajstić information content (AvgIpc) is 3.03. The van der Waals surface area contributed by atoms with Crippen LogP contribution in [0.2, 0.25) is 5.02 Å². The Morgan fingerprint density at radius 2 is 1.47 bits per heavy atom. The van der Waals surface area contributed by atoms with Crippen LogP contribution in [0.1, 0.15) is 42.5 Å². The Kier molecular flexibility index (Phi) is 11.4. The molecule has 0 aromatic heterocycles. The molecule has 236 valence electrons. The average molecular weight is 646 g/mol. The first-order chi connectivity index (χ1) is 21.5. The van der Waals surface area contributed by atoms with Gasteiger partial charge in [0, 0.05) is 24.0 Å². The first-order valence-electron chi connectivity index (χ1n) is 15.0. The van der Waals surface area contributed by atoms with Gasteiger partial charge < -0.3 is 10.2 Å². The fraction of sp³-hybridized carbons (Fsp3) is 0.278. The van der Waals surface area contributed by atoms with Crippen LogP contribution in [-0.4, -0.2) is 43.8 Å². The monoisotopic (exact) mass is 645 g/mol. The van der Waals surface area contributed by atoms with Crippen molar-refractivity contribution in [3.05, 3.63) is 130 Å². The molecule has 0 spiro atoms. The number of nitrogens with zero attached hydrogens (tertiary/aromatic N) is 2. The molecule has 2 amide bonds. The van der Waals surface area contributed by atoms with Crippen LogP contribution in [0.3, 0.4) is 0 Å². The van der Waals surface area contributed by atoms with Crippen molar-refractivity contribution >= 4 is 39.1 Å². The van der Waals surface area contributed by atoms with Gasteiger partial charge in [0.05, 0.1) is 10.6 Å². The van der Waals surface area contributed by atoms with E-state index in [2.05, 4.69) is 5.32 Å². The minimum Gasteiger partial charge on any atom is -0.352 e. The van der Waals surface area contributed by atoms with Crippen LogP contribution in [-0.2, 0) is 32.6 Å². The smallest absolute Gasteiger partial charge is 0.264 e. The molecule has 45 heavy (non-hydrogen) atoms. The minimum absolute atomic E-state index is 0.0525. The van der Waals surface area contributed by atoms with E-state index in [1.165, 1.54) is 17.0 Å². The summed E-state index contributed by atoms with van der Waals surface area (Å²) >= 11 is 6.32. The second-order valence-corrected chi connectivity index (χ2v) is 13.6. The van der Waals surface area contributed by atoms with E-state index in [4.69, 9.17) is 11.6 Å². The van der Waals surface area contributed by atoms with E-state index in [-0.39, 0.29) is 29.8 Å². The molecule has 0 unspecified atom stereocenters. The molecule has 7 nitrogen and oxygen atoms in total. The number of carbonyl (C=O) groups excluding carboxylic acids is 2. The lowest BCUT2D eigenvalue weighted by atomic mass is 10.0. The number of sulfonamides is 1. The summed E-state index contributed by atoms with van der Waals surface area (Å²) < 4.78 is 29.4. The third-order valence-electron chi connectivity index (χ3n) is 7.90. The molecule has 0 aliphatic carbocycles.